The summed E-state index contributed by atoms with van der Waals surface area (Å²) in [6.45, 7) is 0. The van der Waals surface area contributed by atoms with Gasteiger partial charge in [0.1, 0.15) is 5.82 Å². The van der Waals surface area contributed by atoms with Crippen molar-refractivity contribution in [3.05, 3.63) is 57.9 Å². The summed E-state index contributed by atoms with van der Waals surface area (Å²) in [7, 11) is -2.82. The first kappa shape index (κ1) is 15.8. The Morgan fingerprint density at radius 1 is 1.23 bits per heavy atom. The van der Waals surface area contributed by atoms with Crippen LogP contribution in [0.2, 0.25) is 0 Å². The Morgan fingerprint density at radius 3 is 2.41 bits per heavy atom. The fourth-order valence-electron chi connectivity index (χ4n) is 1.77. The summed E-state index contributed by atoms with van der Waals surface area (Å²) in [4.78, 5) is 13.8. The maximum Gasteiger partial charge on any atom is 0.306 e. The zero-order valence-electron chi connectivity index (χ0n) is 11.4. The van der Waals surface area contributed by atoms with Gasteiger partial charge in [-0.3, -0.25) is 10.1 Å². The topological polar surface area (TPSA) is 99.4 Å². The van der Waals surface area contributed by atoms with Crippen LogP contribution in [0.25, 0.3) is 0 Å². The molecule has 0 bridgehead atoms. The van der Waals surface area contributed by atoms with Crippen molar-refractivity contribution in [2.45, 2.75) is 10.8 Å². The number of pyridine rings is 1. The molecular formula is C13H11FN2O5S. The highest BCUT2D eigenvalue weighted by Crippen LogP contribution is 2.27. The van der Waals surface area contributed by atoms with Crippen LogP contribution in [0, 0.1) is 15.9 Å². The van der Waals surface area contributed by atoms with Gasteiger partial charge in [-0.1, -0.05) is 12.1 Å². The molecule has 1 heterocycles. The first-order valence-electron chi connectivity index (χ1n) is 6.00. The van der Waals surface area contributed by atoms with E-state index in [0.717, 1.165) is 18.2 Å². The van der Waals surface area contributed by atoms with E-state index < -0.39 is 37.0 Å². The van der Waals surface area contributed by atoms with Crippen LogP contribution in [0.3, 0.4) is 0 Å². The monoisotopic (exact) mass is 326 g/mol. The zero-order valence-corrected chi connectivity index (χ0v) is 12.2. The maximum absolute atomic E-state index is 12.8. The summed E-state index contributed by atoms with van der Waals surface area (Å²) in [6, 6.07) is 7.02. The molecule has 2 rings (SSSR count). The molecule has 0 aliphatic carbocycles. The summed E-state index contributed by atoms with van der Waals surface area (Å²) in [6.07, 6.45) is 0. The van der Waals surface area contributed by atoms with Crippen molar-refractivity contribution in [3.63, 3.8) is 0 Å². The highest BCUT2D eigenvalue weighted by molar-refractivity contribution is 7.90. The largest absolute Gasteiger partial charge is 0.481 e. The molecule has 1 aromatic carbocycles. The molecule has 0 spiro atoms. The number of methoxy groups -OCH3 is 1. The third kappa shape index (κ3) is 3.37. The standard InChI is InChI=1S/C13H11FN2O5S/c1-21-12-7-6-11(16(17)18)13(15-12)22(19,20)8-9-2-4-10(14)5-3-9/h2-7H,8H2,1H3. The van der Waals surface area contributed by atoms with Crippen LogP contribution in [0.4, 0.5) is 10.1 Å². The molecule has 22 heavy (non-hydrogen) atoms. The molecular weight excluding hydrogens is 315 g/mol. The smallest absolute Gasteiger partial charge is 0.306 e. The molecule has 0 N–H and O–H groups in total. The summed E-state index contributed by atoms with van der Waals surface area (Å²) in [5.74, 6) is -1.09. The Balaban J connectivity index is 2.47. The molecule has 0 aliphatic heterocycles. The number of ether oxygens (including phenoxy) is 1. The number of aromatic nitrogens is 1. The lowest BCUT2D eigenvalue weighted by Crippen LogP contribution is -2.11. The minimum Gasteiger partial charge on any atom is -0.481 e. The molecule has 0 aliphatic rings. The van der Waals surface area contributed by atoms with Gasteiger partial charge in [-0.2, -0.15) is 4.98 Å². The highest BCUT2D eigenvalue weighted by atomic mass is 32.2. The molecule has 0 amide bonds. The van der Waals surface area contributed by atoms with Crippen LogP contribution in [0.1, 0.15) is 5.56 Å². The zero-order chi connectivity index (χ0) is 16.3. The number of sulfone groups is 1. The normalized spacial score (nSPS) is 11.2. The van der Waals surface area contributed by atoms with Crippen LogP contribution in [-0.2, 0) is 15.6 Å². The van der Waals surface area contributed by atoms with E-state index in [1.54, 1.807) is 0 Å². The van der Waals surface area contributed by atoms with Crippen molar-refractivity contribution >= 4 is 15.5 Å². The maximum atomic E-state index is 12.8. The number of benzene rings is 1. The molecule has 1 aromatic heterocycles. The number of nitro groups is 1. The average molecular weight is 326 g/mol. The van der Waals surface area contributed by atoms with Crippen molar-refractivity contribution in [1.29, 1.82) is 0 Å². The first-order valence-corrected chi connectivity index (χ1v) is 7.65. The van der Waals surface area contributed by atoms with Gasteiger partial charge in [0.2, 0.25) is 20.7 Å². The number of nitrogens with zero attached hydrogens (tertiary/aromatic N) is 2. The summed E-state index contributed by atoms with van der Waals surface area (Å²) >= 11 is 0. The molecule has 0 unspecified atom stereocenters. The van der Waals surface area contributed by atoms with Crippen molar-refractivity contribution in [2.75, 3.05) is 7.11 Å². The van der Waals surface area contributed by atoms with Crippen molar-refractivity contribution < 1.29 is 22.5 Å². The van der Waals surface area contributed by atoms with Gasteiger partial charge in [-0.05, 0) is 17.7 Å². The lowest BCUT2D eigenvalue weighted by molar-refractivity contribution is -0.388. The van der Waals surface area contributed by atoms with E-state index in [-0.39, 0.29) is 5.88 Å². The second kappa shape index (κ2) is 6.06. The van der Waals surface area contributed by atoms with Crippen molar-refractivity contribution in [3.8, 4) is 5.88 Å². The van der Waals surface area contributed by atoms with Crippen molar-refractivity contribution in [1.82, 2.24) is 4.98 Å². The molecule has 7 nitrogen and oxygen atoms in total. The quantitative estimate of drug-likeness (QED) is 0.616. The van der Waals surface area contributed by atoms with Gasteiger partial charge in [-0.25, -0.2) is 12.8 Å². The van der Waals surface area contributed by atoms with Gasteiger partial charge in [0, 0.05) is 12.1 Å². The van der Waals surface area contributed by atoms with Gasteiger partial charge in [0.05, 0.1) is 17.8 Å². The number of rotatable bonds is 5. The Kier molecular flexibility index (Phi) is 4.36. The minimum atomic E-state index is -4.09. The number of halogens is 1. The minimum absolute atomic E-state index is 0.0525. The Morgan fingerprint density at radius 2 is 1.86 bits per heavy atom. The summed E-state index contributed by atoms with van der Waals surface area (Å²) in [5, 5.41) is 10.3. The molecule has 0 atom stereocenters. The molecule has 0 radical (unpaired) electrons. The van der Waals surface area contributed by atoms with Crippen LogP contribution >= 0.6 is 0 Å². The van der Waals surface area contributed by atoms with E-state index in [0.29, 0.717) is 5.56 Å². The van der Waals surface area contributed by atoms with Gasteiger partial charge >= 0.3 is 5.69 Å². The van der Waals surface area contributed by atoms with E-state index in [4.69, 9.17) is 4.74 Å². The average Bonchev–Trinajstić information content (AvgIpc) is 2.48. The van der Waals surface area contributed by atoms with Crippen LogP contribution in [0.5, 0.6) is 5.88 Å². The Hall–Kier alpha value is -2.55. The molecule has 9 heteroatoms. The van der Waals surface area contributed by atoms with Crippen molar-refractivity contribution in [2.24, 2.45) is 0 Å². The van der Waals surface area contributed by atoms with Crippen LogP contribution in [0.15, 0.2) is 41.4 Å². The summed E-state index contributed by atoms with van der Waals surface area (Å²) in [5.41, 5.74) is -0.344. The van der Waals surface area contributed by atoms with Gasteiger partial charge in [0.15, 0.2) is 0 Å². The predicted octanol–water partition coefficient (Wildman–Crippen LogP) is 2.11. The second-order valence-corrected chi connectivity index (χ2v) is 6.23. The highest BCUT2D eigenvalue weighted by Gasteiger charge is 2.28. The van der Waals surface area contributed by atoms with E-state index in [9.17, 15) is 22.9 Å². The third-order valence-electron chi connectivity index (χ3n) is 2.79. The van der Waals surface area contributed by atoms with Crippen LogP contribution < -0.4 is 4.74 Å². The SMILES string of the molecule is COc1ccc([N+](=O)[O-])c(S(=O)(=O)Cc2ccc(F)cc2)n1. The van der Waals surface area contributed by atoms with E-state index >= 15 is 0 Å². The lowest BCUT2D eigenvalue weighted by Gasteiger charge is -2.06. The number of hydrogen-bond donors (Lipinski definition) is 0. The lowest BCUT2D eigenvalue weighted by atomic mass is 10.2. The predicted molar refractivity (Wildman–Crippen MR) is 74.7 cm³/mol. The molecule has 0 saturated carbocycles. The van der Waals surface area contributed by atoms with Crippen LogP contribution in [-0.4, -0.2) is 25.4 Å². The molecule has 2 aromatic rings. The van der Waals surface area contributed by atoms with Gasteiger partial charge in [-0.15, -0.1) is 0 Å². The summed E-state index contributed by atoms with van der Waals surface area (Å²) < 4.78 is 42.4. The van der Waals surface area contributed by atoms with E-state index in [2.05, 4.69) is 4.98 Å². The fourth-order valence-corrected chi connectivity index (χ4v) is 3.22. The Bertz CT molecular complexity index is 806. The van der Waals surface area contributed by atoms with E-state index in [1.807, 2.05) is 0 Å². The molecule has 0 saturated heterocycles. The molecule has 116 valence electrons. The van der Waals surface area contributed by atoms with Gasteiger partial charge < -0.3 is 4.74 Å². The first-order chi connectivity index (χ1) is 10.3. The Labute approximate surface area is 125 Å². The third-order valence-corrected chi connectivity index (χ3v) is 4.39. The second-order valence-electron chi connectivity index (χ2n) is 4.32. The van der Waals surface area contributed by atoms with E-state index in [1.165, 1.54) is 25.3 Å². The number of hydrogen-bond acceptors (Lipinski definition) is 6. The fraction of sp³-hybridized carbons (Fsp3) is 0.154. The van der Waals surface area contributed by atoms with Gasteiger partial charge in [0.25, 0.3) is 0 Å². The molecule has 0 fully saturated rings.